The number of nitrogens with one attached hydrogen (secondary N) is 1. The van der Waals surface area contributed by atoms with Crippen molar-refractivity contribution in [3.8, 4) is 0 Å². The summed E-state index contributed by atoms with van der Waals surface area (Å²) in [4.78, 5) is 0. The van der Waals surface area contributed by atoms with Crippen molar-refractivity contribution >= 4 is 34.9 Å². The Morgan fingerprint density at radius 3 is 1.38 bits per heavy atom. The van der Waals surface area contributed by atoms with Gasteiger partial charge in [0.05, 0.1) is 13.4 Å². The molecule has 29 heavy (non-hydrogen) atoms. The molecule has 0 fully saturated rings. The van der Waals surface area contributed by atoms with Crippen LogP contribution >= 0.6 is 7.92 Å². The summed E-state index contributed by atoms with van der Waals surface area (Å²) in [6.45, 7) is 0. The van der Waals surface area contributed by atoms with Crippen LogP contribution < -0.4 is 15.9 Å². The molecule has 0 saturated carbocycles. The molecule has 0 amide bonds. The molecule has 1 aromatic heterocycles. The fourth-order valence-corrected chi connectivity index (χ4v) is 5.68. The van der Waals surface area contributed by atoms with E-state index in [1.54, 1.807) is 0 Å². The minimum absolute atomic E-state index is 0. The molecular formula is C24H21AuN3P+. The Morgan fingerprint density at radius 2 is 0.931 bits per heavy atom. The number of H-pyrrole nitrogens is 1. The third-order valence-electron chi connectivity index (χ3n) is 4.42. The number of nitrogens with zero attached hydrogens (tertiary/aromatic N) is 2. The van der Waals surface area contributed by atoms with Crippen LogP contribution in [-0.2, 0) is 22.4 Å². The largest absolute Gasteiger partial charge is 0.258 e. The molecule has 0 aliphatic heterocycles. The van der Waals surface area contributed by atoms with E-state index in [2.05, 4.69) is 106 Å². The molecule has 0 aliphatic carbocycles. The first-order chi connectivity index (χ1) is 13.9. The molecule has 1 radical (unpaired) electrons. The van der Waals surface area contributed by atoms with E-state index in [-0.39, 0.29) is 22.4 Å². The molecule has 1 N–H and O–H groups in total. The zero-order valence-corrected chi connectivity index (χ0v) is 18.8. The van der Waals surface area contributed by atoms with E-state index in [0.717, 1.165) is 11.0 Å². The van der Waals surface area contributed by atoms with E-state index in [1.807, 2.05) is 24.3 Å². The molecule has 0 spiro atoms. The van der Waals surface area contributed by atoms with E-state index < -0.39 is 7.92 Å². The van der Waals surface area contributed by atoms with Gasteiger partial charge in [-0.15, -0.1) is 5.10 Å². The van der Waals surface area contributed by atoms with E-state index in [9.17, 15) is 0 Å². The maximum absolute atomic E-state index is 3.81. The van der Waals surface area contributed by atoms with Gasteiger partial charge in [-0.3, -0.25) is 5.10 Å². The summed E-state index contributed by atoms with van der Waals surface area (Å²) in [5.74, 6) is 0. The Labute approximate surface area is 187 Å². The number of aromatic amines is 1. The number of rotatable bonds is 3. The third kappa shape index (κ3) is 5.50. The molecule has 3 nitrogen and oxygen atoms in total. The van der Waals surface area contributed by atoms with Crippen molar-refractivity contribution < 1.29 is 22.4 Å². The second-order valence-electron chi connectivity index (χ2n) is 6.30. The van der Waals surface area contributed by atoms with Gasteiger partial charge in [0.2, 0.25) is 0 Å². The van der Waals surface area contributed by atoms with Crippen molar-refractivity contribution in [2.75, 3.05) is 0 Å². The number of hydrogen-bond acceptors (Lipinski definition) is 2. The first kappa shape index (κ1) is 21.2. The summed E-state index contributed by atoms with van der Waals surface area (Å²) in [7, 11) is -0.877. The fraction of sp³-hybridized carbons (Fsp3) is 0. The second kappa shape index (κ2) is 10.8. The second-order valence-corrected chi connectivity index (χ2v) is 8.78. The van der Waals surface area contributed by atoms with Gasteiger partial charge in [-0.2, -0.15) is 0 Å². The number of fused-ring (bicyclic) bond motifs is 1. The maximum Gasteiger partial charge on any atom is 0.112 e. The molecule has 147 valence electrons. The van der Waals surface area contributed by atoms with Crippen molar-refractivity contribution in [2.24, 2.45) is 0 Å². The SMILES string of the molecule is [Au].c1ccc([PH+](c2ccccc2)c2ccccc2)cc1.c1ccc2[nH]nnc2c1. The molecule has 1 heterocycles. The zero-order chi connectivity index (χ0) is 19.0. The average Bonchev–Trinajstić information content (AvgIpc) is 3.26. The van der Waals surface area contributed by atoms with Crippen LogP contribution in [0.2, 0.25) is 0 Å². The van der Waals surface area contributed by atoms with Crippen LogP contribution in [-0.4, -0.2) is 15.4 Å². The smallest absolute Gasteiger partial charge is 0.112 e. The van der Waals surface area contributed by atoms with Gasteiger partial charge in [0.1, 0.15) is 21.4 Å². The number of benzene rings is 4. The molecule has 4 aromatic carbocycles. The Morgan fingerprint density at radius 1 is 0.517 bits per heavy atom. The summed E-state index contributed by atoms with van der Waals surface area (Å²) in [6, 6.07) is 40.2. The maximum atomic E-state index is 3.81. The van der Waals surface area contributed by atoms with Crippen LogP contribution in [0.1, 0.15) is 0 Å². The van der Waals surface area contributed by atoms with E-state index in [1.165, 1.54) is 15.9 Å². The van der Waals surface area contributed by atoms with Gasteiger partial charge in [-0.1, -0.05) is 71.9 Å². The summed E-state index contributed by atoms with van der Waals surface area (Å²) in [6.07, 6.45) is 0. The Kier molecular flexibility index (Phi) is 7.92. The zero-order valence-electron chi connectivity index (χ0n) is 15.7. The van der Waals surface area contributed by atoms with Crippen LogP contribution in [0, 0.1) is 0 Å². The van der Waals surface area contributed by atoms with Gasteiger partial charge in [-0.05, 0) is 48.5 Å². The predicted molar refractivity (Wildman–Crippen MR) is 120 cm³/mol. The monoisotopic (exact) mass is 579 g/mol. The molecule has 0 bridgehead atoms. The molecule has 5 aromatic rings. The summed E-state index contributed by atoms with van der Waals surface area (Å²) in [5, 5.41) is 14.5. The molecule has 0 saturated heterocycles. The quantitative estimate of drug-likeness (QED) is 0.258. The van der Waals surface area contributed by atoms with Gasteiger partial charge in [-0.25, -0.2) is 0 Å². The number of para-hydroxylation sites is 1. The van der Waals surface area contributed by atoms with E-state index in [0.29, 0.717) is 0 Å². The van der Waals surface area contributed by atoms with Crippen LogP contribution in [0.5, 0.6) is 0 Å². The van der Waals surface area contributed by atoms with Crippen molar-refractivity contribution in [3.63, 3.8) is 0 Å². The van der Waals surface area contributed by atoms with Crippen molar-refractivity contribution in [2.45, 2.75) is 0 Å². The molecular weight excluding hydrogens is 558 g/mol. The normalized spacial score (nSPS) is 10.1. The van der Waals surface area contributed by atoms with Gasteiger partial charge in [0.15, 0.2) is 0 Å². The minimum Gasteiger partial charge on any atom is -0.258 e. The van der Waals surface area contributed by atoms with Gasteiger partial charge in [0.25, 0.3) is 0 Å². The topological polar surface area (TPSA) is 41.6 Å². The van der Waals surface area contributed by atoms with Crippen molar-refractivity contribution in [3.05, 3.63) is 115 Å². The first-order valence-electron chi connectivity index (χ1n) is 9.21. The molecule has 5 heteroatoms. The summed E-state index contributed by atoms with van der Waals surface area (Å²) >= 11 is 0. The van der Waals surface area contributed by atoms with Gasteiger partial charge < -0.3 is 0 Å². The summed E-state index contributed by atoms with van der Waals surface area (Å²) in [5.41, 5.74) is 1.90. The average molecular weight is 579 g/mol. The van der Waals surface area contributed by atoms with Gasteiger partial charge >= 0.3 is 0 Å². The summed E-state index contributed by atoms with van der Waals surface area (Å²) < 4.78 is 0. The molecule has 0 atom stereocenters. The van der Waals surface area contributed by atoms with Crippen LogP contribution in [0.25, 0.3) is 11.0 Å². The van der Waals surface area contributed by atoms with Gasteiger partial charge in [0, 0.05) is 22.4 Å². The predicted octanol–water partition coefficient (Wildman–Crippen LogP) is 4.13. The minimum atomic E-state index is -0.877. The van der Waals surface area contributed by atoms with E-state index >= 15 is 0 Å². The molecule has 5 rings (SSSR count). The third-order valence-corrected chi connectivity index (χ3v) is 7.15. The van der Waals surface area contributed by atoms with Crippen LogP contribution in [0.3, 0.4) is 0 Å². The fourth-order valence-electron chi connectivity index (χ4n) is 3.10. The molecule has 0 aliphatic rings. The first-order valence-corrected chi connectivity index (χ1v) is 10.7. The van der Waals surface area contributed by atoms with Crippen molar-refractivity contribution in [1.82, 2.24) is 15.4 Å². The molecule has 0 unspecified atom stereocenters. The number of aromatic nitrogens is 3. The Balaban J connectivity index is 0.000000201. The standard InChI is InChI=1S/C18H15P.C6H5N3.Au/c1-4-10-16(11-5-1)19(17-12-6-2-7-13-17)18-14-8-3-9-15-18;1-2-4-6-5(3-1)7-9-8-6;/h1-15H;1-4H,(H,7,8,9);/p+1. The van der Waals surface area contributed by atoms with Crippen LogP contribution in [0.15, 0.2) is 115 Å². The number of hydrogen-bond donors (Lipinski definition) is 1. The van der Waals surface area contributed by atoms with Crippen LogP contribution in [0.4, 0.5) is 0 Å². The van der Waals surface area contributed by atoms with Crippen molar-refractivity contribution in [1.29, 1.82) is 0 Å². The van der Waals surface area contributed by atoms with E-state index in [4.69, 9.17) is 0 Å². The Hall–Kier alpha value is -2.55. The Bertz CT molecular complexity index is 992.